The van der Waals surface area contributed by atoms with Gasteiger partial charge in [0.25, 0.3) is 0 Å². The Hall–Kier alpha value is -0.570. The predicted octanol–water partition coefficient (Wildman–Crippen LogP) is 4.00. The molecule has 1 atom stereocenters. The van der Waals surface area contributed by atoms with E-state index in [4.69, 9.17) is 11.6 Å². The molecule has 18 heavy (non-hydrogen) atoms. The van der Waals surface area contributed by atoms with Crippen molar-refractivity contribution in [3.05, 3.63) is 11.6 Å². The molecule has 0 N–H and O–H groups in total. The summed E-state index contributed by atoms with van der Waals surface area (Å²) >= 11 is 5.95. The van der Waals surface area contributed by atoms with Crippen LogP contribution in [0.1, 0.15) is 60.1 Å². The van der Waals surface area contributed by atoms with Crippen molar-refractivity contribution >= 4 is 11.6 Å². The van der Waals surface area contributed by atoms with Crippen molar-refractivity contribution < 1.29 is 0 Å². The first-order valence-electron chi connectivity index (χ1n) is 6.57. The molecule has 0 aliphatic carbocycles. The van der Waals surface area contributed by atoms with E-state index in [9.17, 15) is 0 Å². The standard InChI is InChI=1S/C14H26ClN3/c1-10(13(2,3)4)8-11-16-17-12(9-15)18(11)14(5,6)7/h10H,8-9H2,1-7H3. The number of aromatic nitrogens is 3. The van der Waals surface area contributed by atoms with Crippen LogP contribution in [-0.2, 0) is 17.8 Å². The van der Waals surface area contributed by atoms with Crippen LogP contribution < -0.4 is 0 Å². The largest absolute Gasteiger partial charge is 0.309 e. The normalized spacial score (nSPS) is 14.9. The molecule has 1 unspecified atom stereocenters. The van der Waals surface area contributed by atoms with Gasteiger partial charge in [-0.1, -0.05) is 27.7 Å². The van der Waals surface area contributed by atoms with E-state index in [1.54, 1.807) is 0 Å². The van der Waals surface area contributed by atoms with E-state index in [0.29, 0.717) is 11.8 Å². The first kappa shape index (κ1) is 15.5. The van der Waals surface area contributed by atoms with Gasteiger partial charge in [0.1, 0.15) is 11.6 Å². The maximum Gasteiger partial charge on any atom is 0.148 e. The number of alkyl halides is 1. The maximum absolute atomic E-state index is 5.95. The number of hydrogen-bond acceptors (Lipinski definition) is 2. The summed E-state index contributed by atoms with van der Waals surface area (Å²) in [7, 11) is 0. The molecule has 0 fully saturated rings. The minimum Gasteiger partial charge on any atom is -0.309 e. The van der Waals surface area contributed by atoms with Crippen molar-refractivity contribution in [1.29, 1.82) is 0 Å². The van der Waals surface area contributed by atoms with Crippen molar-refractivity contribution in [2.24, 2.45) is 11.3 Å². The lowest BCUT2D eigenvalue weighted by Gasteiger charge is -2.29. The molecule has 0 spiro atoms. The fraction of sp³-hybridized carbons (Fsp3) is 0.857. The van der Waals surface area contributed by atoms with E-state index in [-0.39, 0.29) is 11.0 Å². The van der Waals surface area contributed by atoms with Gasteiger partial charge in [-0.2, -0.15) is 0 Å². The Kier molecular flexibility index (Phi) is 4.47. The molecular weight excluding hydrogens is 246 g/mol. The van der Waals surface area contributed by atoms with Crippen molar-refractivity contribution in [3.8, 4) is 0 Å². The lowest BCUT2D eigenvalue weighted by Crippen LogP contribution is -2.28. The van der Waals surface area contributed by atoms with Crippen molar-refractivity contribution in [1.82, 2.24) is 14.8 Å². The summed E-state index contributed by atoms with van der Waals surface area (Å²) in [4.78, 5) is 0. The molecule has 0 amide bonds. The monoisotopic (exact) mass is 271 g/mol. The molecule has 0 bridgehead atoms. The highest BCUT2D eigenvalue weighted by Crippen LogP contribution is 2.29. The van der Waals surface area contributed by atoms with Gasteiger partial charge in [-0.15, -0.1) is 21.8 Å². The van der Waals surface area contributed by atoms with Gasteiger partial charge in [0.15, 0.2) is 0 Å². The Balaban J connectivity index is 3.08. The highest BCUT2D eigenvalue weighted by atomic mass is 35.5. The van der Waals surface area contributed by atoms with E-state index in [0.717, 1.165) is 18.1 Å². The Labute approximate surface area is 116 Å². The van der Waals surface area contributed by atoms with Crippen LogP contribution >= 0.6 is 11.6 Å². The van der Waals surface area contributed by atoms with Crippen molar-refractivity contribution in [2.75, 3.05) is 0 Å². The van der Waals surface area contributed by atoms with E-state index >= 15 is 0 Å². The first-order valence-corrected chi connectivity index (χ1v) is 7.10. The minimum absolute atomic E-state index is 0.0271. The van der Waals surface area contributed by atoms with Crippen molar-refractivity contribution in [3.63, 3.8) is 0 Å². The summed E-state index contributed by atoms with van der Waals surface area (Å²) in [6.07, 6.45) is 0.935. The van der Waals surface area contributed by atoms with Gasteiger partial charge in [0, 0.05) is 12.0 Å². The molecule has 1 heterocycles. The van der Waals surface area contributed by atoms with Crippen LogP contribution in [0.15, 0.2) is 0 Å². The molecule has 1 rings (SSSR count). The molecule has 0 saturated heterocycles. The van der Waals surface area contributed by atoms with E-state index < -0.39 is 0 Å². The fourth-order valence-electron chi connectivity index (χ4n) is 1.93. The molecular formula is C14H26ClN3. The maximum atomic E-state index is 5.95. The summed E-state index contributed by atoms with van der Waals surface area (Å²) in [5.41, 5.74) is 0.246. The van der Waals surface area contributed by atoms with E-state index in [1.807, 2.05) is 0 Å². The molecule has 1 aromatic heterocycles. The molecule has 1 aromatic rings. The Bertz CT molecular complexity index is 396. The van der Waals surface area contributed by atoms with Crippen molar-refractivity contribution in [2.45, 2.75) is 66.3 Å². The Morgan fingerprint density at radius 2 is 1.56 bits per heavy atom. The van der Waals surface area contributed by atoms with Crippen LogP contribution in [0.5, 0.6) is 0 Å². The lowest BCUT2D eigenvalue weighted by atomic mass is 9.80. The minimum atomic E-state index is -0.0271. The quantitative estimate of drug-likeness (QED) is 0.778. The smallest absolute Gasteiger partial charge is 0.148 e. The van der Waals surface area contributed by atoms with Crippen LogP contribution in [0.3, 0.4) is 0 Å². The average molecular weight is 272 g/mol. The molecule has 104 valence electrons. The third kappa shape index (κ3) is 3.47. The first-order chi connectivity index (χ1) is 8.07. The third-order valence-electron chi connectivity index (χ3n) is 3.55. The number of halogens is 1. The third-order valence-corrected chi connectivity index (χ3v) is 3.79. The van der Waals surface area contributed by atoms with Crippen LogP contribution in [0, 0.1) is 11.3 Å². The number of rotatable bonds is 3. The lowest BCUT2D eigenvalue weighted by molar-refractivity contribution is 0.248. The average Bonchev–Trinajstić information content (AvgIpc) is 2.58. The topological polar surface area (TPSA) is 30.7 Å². The van der Waals surface area contributed by atoms with Gasteiger partial charge in [-0.3, -0.25) is 0 Å². The van der Waals surface area contributed by atoms with Gasteiger partial charge in [-0.05, 0) is 32.1 Å². The second-order valence-electron chi connectivity index (χ2n) is 7.14. The number of nitrogens with zero attached hydrogens (tertiary/aromatic N) is 3. The van der Waals surface area contributed by atoms with E-state index in [1.165, 1.54) is 0 Å². The second-order valence-corrected chi connectivity index (χ2v) is 7.41. The van der Waals surface area contributed by atoms with Gasteiger partial charge < -0.3 is 4.57 Å². The zero-order valence-electron chi connectivity index (χ0n) is 12.7. The Morgan fingerprint density at radius 1 is 1.06 bits per heavy atom. The van der Waals surface area contributed by atoms with Gasteiger partial charge in [0.05, 0.1) is 5.88 Å². The van der Waals surface area contributed by atoms with E-state index in [2.05, 4.69) is 63.2 Å². The molecule has 0 aliphatic heterocycles. The van der Waals surface area contributed by atoms with Crippen LogP contribution in [0.25, 0.3) is 0 Å². The summed E-state index contributed by atoms with van der Waals surface area (Å²) in [6, 6.07) is 0. The summed E-state index contributed by atoms with van der Waals surface area (Å²) in [5, 5.41) is 8.55. The molecule has 0 aromatic carbocycles. The summed E-state index contributed by atoms with van der Waals surface area (Å²) < 4.78 is 2.18. The van der Waals surface area contributed by atoms with Crippen LogP contribution in [-0.4, -0.2) is 14.8 Å². The van der Waals surface area contributed by atoms with Gasteiger partial charge in [0.2, 0.25) is 0 Å². The van der Waals surface area contributed by atoms with Gasteiger partial charge >= 0.3 is 0 Å². The molecule has 0 aliphatic rings. The molecule has 4 heteroatoms. The molecule has 3 nitrogen and oxygen atoms in total. The summed E-state index contributed by atoms with van der Waals surface area (Å²) in [5.74, 6) is 2.86. The Morgan fingerprint density at radius 3 is 1.94 bits per heavy atom. The predicted molar refractivity (Wildman–Crippen MR) is 76.9 cm³/mol. The highest BCUT2D eigenvalue weighted by Gasteiger charge is 2.27. The summed E-state index contributed by atoms with van der Waals surface area (Å²) in [6.45, 7) is 15.5. The van der Waals surface area contributed by atoms with Crippen LogP contribution in [0.4, 0.5) is 0 Å². The van der Waals surface area contributed by atoms with Crippen LogP contribution in [0.2, 0.25) is 0 Å². The number of hydrogen-bond donors (Lipinski definition) is 0. The molecule has 0 saturated carbocycles. The SMILES string of the molecule is CC(Cc1nnc(CCl)n1C(C)(C)C)C(C)(C)C. The van der Waals surface area contributed by atoms with Gasteiger partial charge in [-0.25, -0.2) is 0 Å². The second kappa shape index (κ2) is 5.20. The molecule has 0 radical (unpaired) electrons. The fourth-order valence-corrected chi connectivity index (χ4v) is 2.10. The highest BCUT2D eigenvalue weighted by molar-refractivity contribution is 6.16. The zero-order chi connectivity index (χ0) is 14.1. The zero-order valence-corrected chi connectivity index (χ0v) is 13.5.